The molecule has 0 atom stereocenters. The third-order valence-electron chi connectivity index (χ3n) is 3.06. The molecule has 0 saturated carbocycles. The molecular weight excluding hydrogens is 252 g/mol. The highest BCUT2D eigenvalue weighted by Gasteiger charge is 2.12. The molecule has 0 aliphatic rings. The minimum Gasteiger partial charge on any atom is -0.282 e. The van der Waals surface area contributed by atoms with Crippen molar-refractivity contribution in [3.8, 4) is 0 Å². The fourth-order valence-corrected chi connectivity index (χ4v) is 2.84. The van der Waals surface area contributed by atoms with Crippen molar-refractivity contribution >= 4 is 16.9 Å². The number of carbonyl (C=O) groups is 1. The topological polar surface area (TPSA) is 17.1 Å². The van der Waals surface area contributed by atoms with Crippen molar-refractivity contribution in [1.82, 2.24) is 0 Å². The van der Waals surface area contributed by atoms with Gasteiger partial charge in [-0.25, -0.2) is 0 Å². The molecule has 0 N–H and O–H groups in total. The highest BCUT2D eigenvalue weighted by molar-refractivity contribution is 8.14. The number of rotatable bonds is 7. The summed E-state index contributed by atoms with van der Waals surface area (Å²) in [6.07, 6.45) is 4.72. The van der Waals surface area contributed by atoms with E-state index in [4.69, 9.17) is 0 Å². The average Bonchev–Trinajstić information content (AvgIpc) is 2.34. The molecule has 19 heavy (non-hydrogen) atoms. The fourth-order valence-electron chi connectivity index (χ4n) is 2.08. The molecule has 1 aromatic rings. The van der Waals surface area contributed by atoms with E-state index in [1.807, 2.05) is 18.2 Å². The van der Waals surface area contributed by atoms with E-state index < -0.39 is 0 Å². The maximum atomic E-state index is 12.2. The smallest absolute Gasteiger partial charge is 0.219 e. The molecule has 0 radical (unpaired) electrons. The van der Waals surface area contributed by atoms with Gasteiger partial charge in [-0.3, -0.25) is 4.79 Å². The maximum Gasteiger partial charge on any atom is 0.219 e. The zero-order chi connectivity index (χ0) is 14.3. The summed E-state index contributed by atoms with van der Waals surface area (Å²) < 4.78 is 0. The molecule has 0 aromatic heterocycles. The Kier molecular flexibility index (Phi) is 7.22. The molecule has 0 bridgehead atoms. The van der Waals surface area contributed by atoms with Gasteiger partial charge in [0.25, 0.3) is 0 Å². The molecule has 0 aliphatic heterocycles. The summed E-state index contributed by atoms with van der Waals surface area (Å²) in [5.74, 6) is 0.772. The van der Waals surface area contributed by atoms with Crippen LogP contribution in [0.2, 0.25) is 0 Å². The van der Waals surface area contributed by atoms with Crippen LogP contribution < -0.4 is 0 Å². The number of hydrogen-bond acceptors (Lipinski definition) is 2. The van der Waals surface area contributed by atoms with E-state index in [1.54, 1.807) is 0 Å². The van der Waals surface area contributed by atoms with Crippen LogP contribution in [-0.2, 0) is 6.42 Å². The van der Waals surface area contributed by atoms with Crippen molar-refractivity contribution in [2.45, 2.75) is 58.6 Å². The van der Waals surface area contributed by atoms with Crippen LogP contribution in [0.25, 0.3) is 0 Å². The average molecular weight is 278 g/mol. The van der Waals surface area contributed by atoms with E-state index in [0.29, 0.717) is 5.25 Å². The molecule has 1 nitrogen and oxygen atoms in total. The first-order valence-electron chi connectivity index (χ1n) is 7.29. The van der Waals surface area contributed by atoms with Gasteiger partial charge in [-0.1, -0.05) is 76.6 Å². The van der Waals surface area contributed by atoms with E-state index >= 15 is 0 Å². The summed E-state index contributed by atoms with van der Waals surface area (Å²) in [5, 5.41) is 0.566. The lowest BCUT2D eigenvalue weighted by Crippen LogP contribution is -2.03. The van der Waals surface area contributed by atoms with E-state index in [-0.39, 0.29) is 5.12 Å². The zero-order valence-corrected chi connectivity index (χ0v) is 13.4. The third kappa shape index (κ3) is 6.29. The zero-order valence-electron chi connectivity index (χ0n) is 12.6. The van der Waals surface area contributed by atoms with E-state index in [0.717, 1.165) is 17.9 Å². The fraction of sp³-hybridized carbons (Fsp3) is 0.588. The predicted molar refractivity (Wildman–Crippen MR) is 85.9 cm³/mol. The van der Waals surface area contributed by atoms with Crippen LogP contribution in [0.3, 0.4) is 0 Å². The van der Waals surface area contributed by atoms with Gasteiger partial charge in [-0.05, 0) is 24.3 Å². The summed E-state index contributed by atoms with van der Waals surface area (Å²) in [6.45, 7) is 8.65. The Morgan fingerprint density at radius 1 is 1.11 bits per heavy atom. The van der Waals surface area contributed by atoms with Crippen molar-refractivity contribution in [2.75, 3.05) is 0 Å². The SMILES string of the molecule is CC(C)CCCCc1ccccc1C(=O)SC(C)C. The maximum absolute atomic E-state index is 12.2. The minimum atomic E-state index is 0.217. The third-order valence-corrected chi connectivity index (χ3v) is 3.96. The first-order valence-corrected chi connectivity index (χ1v) is 8.17. The Hall–Kier alpha value is -0.760. The second-order valence-corrected chi connectivity index (χ2v) is 7.30. The minimum absolute atomic E-state index is 0.217. The number of benzene rings is 1. The number of thioether (sulfide) groups is 1. The monoisotopic (exact) mass is 278 g/mol. The van der Waals surface area contributed by atoms with Gasteiger partial charge in [0.05, 0.1) is 0 Å². The molecule has 0 unspecified atom stereocenters. The predicted octanol–water partition coefficient (Wildman–Crippen LogP) is 5.34. The molecule has 1 aromatic carbocycles. The van der Waals surface area contributed by atoms with Gasteiger partial charge in [0.1, 0.15) is 0 Å². The van der Waals surface area contributed by atoms with Crippen molar-refractivity contribution < 1.29 is 4.79 Å². The summed E-state index contributed by atoms with van der Waals surface area (Å²) >= 11 is 1.43. The van der Waals surface area contributed by atoms with Gasteiger partial charge in [0.15, 0.2) is 0 Å². The van der Waals surface area contributed by atoms with Gasteiger partial charge >= 0.3 is 0 Å². The second-order valence-electron chi connectivity index (χ2n) is 5.75. The van der Waals surface area contributed by atoms with Crippen LogP contribution in [-0.4, -0.2) is 10.4 Å². The van der Waals surface area contributed by atoms with Crippen molar-refractivity contribution in [3.63, 3.8) is 0 Å². The number of carbonyl (C=O) groups excluding carboxylic acids is 1. The largest absolute Gasteiger partial charge is 0.282 e. The molecule has 0 aliphatic carbocycles. The molecule has 0 amide bonds. The van der Waals surface area contributed by atoms with E-state index in [1.165, 1.54) is 36.6 Å². The van der Waals surface area contributed by atoms with E-state index in [2.05, 4.69) is 33.8 Å². The summed E-state index contributed by atoms with van der Waals surface area (Å²) in [4.78, 5) is 12.2. The molecule has 1 rings (SSSR count). The summed E-state index contributed by atoms with van der Waals surface area (Å²) in [7, 11) is 0. The highest BCUT2D eigenvalue weighted by Crippen LogP contribution is 2.22. The number of hydrogen-bond donors (Lipinski definition) is 0. The van der Waals surface area contributed by atoms with Crippen LogP contribution in [0.15, 0.2) is 24.3 Å². The molecule has 0 spiro atoms. The van der Waals surface area contributed by atoms with Gasteiger partial charge < -0.3 is 0 Å². The molecule has 2 heteroatoms. The quantitative estimate of drug-likeness (QED) is 0.626. The van der Waals surface area contributed by atoms with Gasteiger partial charge in [0.2, 0.25) is 5.12 Å². The second kappa shape index (κ2) is 8.42. The lowest BCUT2D eigenvalue weighted by Gasteiger charge is -2.10. The first-order chi connectivity index (χ1) is 9.00. The molecule has 0 fully saturated rings. The molecule has 106 valence electrons. The standard InChI is InChI=1S/C17H26OS/c1-13(2)9-5-6-10-15-11-7-8-12-16(15)17(18)19-14(3)4/h7-8,11-14H,5-6,9-10H2,1-4H3. The van der Waals surface area contributed by atoms with E-state index in [9.17, 15) is 4.79 Å². The summed E-state index contributed by atoms with van der Waals surface area (Å²) in [5.41, 5.74) is 2.12. The van der Waals surface area contributed by atoms with Crippen LogP contribution in [0.1, 0.15) is 62.9 Å². The van der Waals surface area contributed by atoms with Crippen molar-refractivity contribution in [2.24, 2.45) is 5.92 Å². The Labute approximate surface area is 122 Å². The van der Waals surface area contributed by atoms with Gasteiger partial charge in [0, 0.05) is 10.8 Å². The normalized spacial score (nSPS) is 11.3. The Balaban J connectivity index is 2.60. The Morgan fingerprint density at radius 3 is 2.42 bits per heavy atom. The van der Waals surface area contributed by atoms with Gasteiger partial charge in [-0.15, -0.1) is 0 Å². The van der Waals surface area contributed by atoms with Gasteiger partial charge in [-0.2, -0.15) is 0 Å². The highest BCUT2D eigenvalue weighted by atomic mass is 32.2. The molecular formula is C17H26OS. The van der Waals surface area contributed by atoms with Crippen molar-refractivity contribution in [1.29, 1.82) is 0 Å². The van der Waals surface area contributed by atoms with Crippen LogP contribution in [0.5, 0.6) is 0 Å². The van der Waals surface area contributed by atoms with Crippen LogP contribution >= 0.6 is 11.8 Å². The molecule has 0 saturated heterocycles. The number of unbranched alkanes of at least 4 members (excludes halogenated alkanes) is 1. The lowest BCUT2D eigenvalue weighted by atomic mass is 9.99. The molecule has 0 heterocycles. The van der Waals surface area contributed by atoms with Crippen LogP contribution in [0, 0.1) is 5.92 Å². The number of aryl methyl sites for hydroxylation is 1. The Bertz CT molecular complexity index is 396. The lowest BCUT2D eigenvalue weighted by molar-refractivity contribution is 0.108. The van der Waals surface area contributed by atoms with Crippen molar-refractivity contribution in [3.05, 3.63) is 35.4 Å². The first kappa shape index (κ1) is 16.3. The van der Waals surface area contributed by atoms with Crippen LogP contribution in [0.4, 0.5) is 0 Å². The Morgan fingerprint density at radius 2 is 1.79 bits per heavy atom. The summed E-state index contributed by atoms with van der Waals surface area (Å²) in [6, 6.07) is 8.07.